The predicted molar refractivity (Wildman–Crippen MR) is 136 cm³/mol. The van der Waals surface area contributed by atoms with Crippen LogP contribution in [0.3, 0.4) is 0 Å². The smallest absolute Gasteiger partial charge is 0.270 e. The van der Waals surface area contributed by atoms with E-state index in [9.17, 15) is 9.59 Å². The number of nitrogens with zero attached hydrogens (tertiary/aromatic N) is 2. The Morgan fingerprint density at radius 2 is 1.94 bits per heavy atom. The number of ether oxygens (including phenoxy) is 1. The van der Waals surface area contributed by atoms with Gasteiger partial charge in [0.2, 0.25) is 0 Å². The highest BCUT2D eigenvalue weighted by atomic mass is 32.1. The molecule has 1 fully saturated rings. The molecular formula is C26H26FN3O3S. The van der Waals surface area contributed by atoms with Crippen LogP contribution in [-0.2, 0) is 9.59 Å². The van der Waals surface area contributed by atoms with Crippen molar-refractivity contribution in [1.29, 1.82) is 0 Å². The third kappa shape index (κ3) is 4.09. The van der Waals surface area contributed by atoms with E-state index in [0.717, 1.165) is 16.8 Å². The average molecular weight is 480 g/mol. The number of fused-ring (bicyclic) bond motifs is 1. The lowest BCUT2D eigenvalue weighted by atomic mass is 9.88. The Morgan fingerprint density at radius 1 is 1.21 bits per heavy atom. The van der Waals surface area contributed by atoms with Gasteiger partial charge < -0.3 is 9.64 Å². The molecule has 176 valence electrons. The Hall–Kier alpha value is -3.52. The van der Waals surface area contributed by atoms with Crippen LogP contribution in [0, 0.1) is 5.82 Å². The van der Waals surface area contributed by atoms with Gasteiger partial charge in [0.05, 0.1) is 17.8 Å². The minimum Gasteiger partial charge on any atom is -0.494 e. The number of carbonyl (C=O) groups excluding carboxylic acids is 2. The molecule has 0 atom stereocenters. The van der Waals surface area contributed by atoms with Gasteiger partial charge in [-0.1, -0.05) is 12.1 Å². The number of rotatable bonds is 4. The maximum Gasteiger partial charge on any atom is 0.270 e. The minimum absolute atomic E-state index is 0.0469. The molecule has 2 aromatic rings. The summed E-state index contributed by atoms with van der Waals surface area (Å²) in [5, 5.41) is 2.49. The highest BCUT2D eigenvalue weighted by molar-refractivity contribution is 7.80. The molecule has 0 spiro atoms. The van der Waals surface area contributed by atoms with Gasteiger partial charge in [-0.2, -0.15) is 0 Å². The molecule has 0 aromatic heterocycles. The molecule has 6 nitrogen and oxygen atoms in total. The van der Waals surface area contributed by atoms with Crippen LogP contribution in [0.25, 0.3) is 11.6 Å². The summed E-state index contributed by atoms with van der Waals surface area (Å²) in [6.45, 7) is 8.38. The van der Waals surface area contributed by atoms with E-state index < -0.39 is 17.6 Å². The Labute approximate surface area is 203 Å². The summed E-state index contributed by atoms with van der Waals surface area (Å²) < 4.78 is 20.7. The van der Waals surface area contributed by atoms with Gasteiger partial charge >= 0.3 is 0 Å². The fourth-order valence-corrected chi connectivity index (χ4v) is 4.51. The molecule has 2 amide bonds. The molecule has 8 heteroatoms. The number of hydrogen-bond acceptors (Lipinski definition) is 5. The first-order chi connectivity index (χ1) is 16.0. The Bertz CT molecular complexity index is 1280. The first-order valence-electron chi connectivity index (χ1n) is 10.9. The monoisotopic (exact) mass is 479 g/mol. The lowest BCUT2D eigenvalue weighted by Gasteiger charge is -2.40. The lowest BCUT2D eigenvalue weighted by Crippen LogP contribution is -2.54. The van der Waals surface area contributed by atoms with Crippen LogP contribution in [0.15, 0.2) is 48.0 Å². The van der Waals surface area contributed by atoms with Crippen molar-refractivity contribution in [3.8, 4) is 5.75 Å². The highest BCUT2D eigenvalue weighted by Crippen LogP contribution is 2.39. The van der Waals surface area contributed by atoms with Crippen molar-refractivity contribution in [3.05, 3.63) is 65.0 Å². The second kappa shape index (κ2) is 8.68. The second-order valence-electron chi connectivity index (χ2n) is 8.82. The molecule has 0 aliphatic carbocycles. The third-order valence-corrected chi connectivity index (χ3v) is 6.41. The average Bonchev–Trinajstić information content (AvgIpc) is 2.76. The van der Waals surface area contributed by atoms with Crippen LogP contribution >= 0.6 is 12.2 Å². The standard InChI is InChI=1S/C26H26FN3O3S/c1-6-33-18-9-7-8-17(12-18)30-24(32)20(23(31)28-25(30)34)11-16-10-19-15(2)14-26(3,4)29(5)22(19)13-21(16)27/h7-14H,6H2,1-5H3,(H,28,31,34)/b20-11-. The zero-order chi connectivity index (χ0) is 24.8. The van der Waals surface area contributed by atoms with Gasteiger partial charge in [-0.05, 0) is 75.8 Å². The summed E-state index contributed by atoms with van der Waals surface area (Å²) in [5.41, 5.74) is 2.70. The van der Waals surface area contributed by atoms with Gasteiger partial charge in [-0.15, -0.1) is 0 Å². The summed E-state index contributed by atoms with van der Waals surface area (Å²) in [6, 6.07) is 9.95. The molecule has 0 radical (unpaired) electrons. The number of likely N-dealkylation sites (N-methyl/N-ethyl adjacent to an activating group) is 1. The second-order valence-corrected chi connectivity index (χ2v) is 9.21. The van der Waals surface area contributed by atoms with Crippen LogP contribution in [0.5, 0.6) is 5.75 Å². The zero-order valence-corrected chi connectivity index (χ0v) is 20.5. The van der Waals surface area contributed by atoms with Crippen molar-refractivity contribution in [3.63, 3.8) is 0 Å². The molecule has 0 saturated carbocycles. The number of thiocarbonyl (C=S) groups is 1. The molecule has 4 rings (SSSR count). The Kier molecular flexibility index (Phi) is 6.03. The number of halogens is 1. The van der Waals surface area contributed by atoms with Crippen molar-refractivity contribution in [2.75, 3.05) is 23.5 Å². The van der Waals surface area contributed by atoms with E-state index in [1.807, 2.05) is 25.8 Å². The fraction of sp³-hybridized carbons (Fsp3) is 0.269. The third-order valence-electron chi connectivity index (χ3n) is 6.12. The molecule has 2 aliphatic rings. The molecule has 1 N–H and O–H groups in total. The molecule has 1 saturated heterocycles. The summed E-state index contributed by atoms with van der Waals surface area (Å²) in [6.07, 6.45) is 3.38. The maximum atomic E-state index is 15.2. The summed E-state index contributed by atoms with van der Waals surface area (Å²) in [5.74, 6) is -1.27. The number of anilines is 2. The van der Waals surface area contributed by atoms with Crippen molar-refractivity contribution >= 4 is 52.2 Å². The molecule has 2 aromatic carbocycles. The molecule has 0 unspecified atom stereocenters. The van der Waals surface area contributed by atoms with Gasteiger partial charge in [0.1, 0.15) is 17.1 Å². The van der Waals surface area contributed by atoms with Crippen LogP contribution < -0.4 is 19.9 Å². The number of benzene rings is 2. The lowest BCUT2D eigenvalue weighted by molar-refractivity contribution is -0.122. The fourth-order valence-electron chi connectivity index (χ4n) is 4.22. The van der Waals surface area contributed by atoms with Crippen LogP contribution in [0.4, 0.5) is 15.8 Å². The van der Waals surface area contributed by atoms with Crippen LogP contribution in [-0.4, -0.2) is 36.1 Å². The molecule has 34 heavy (non-hydrogen) atoms. The molecule has 2 aliphatic heterocycles. The Morgan fingerprint density at radius 3 is 2.65 bits per heavy atom. The van der Waals surface area contributed by atoms with Crippen molar-refractivity contribution in [2.45, 2.75) is 33.2 Å². The number of hydrogen-bond donors (Lipinski definition) is 1. The molecule has 0 bridgehead atoms. The quantitative estimate of drug-likeness (QED) is 0.392. The van der Waals surface area contributed by atoms with Gasteiger partial charge in [-0.25, -0.2) is 4.39 Å². The maximum absolute atomic E-state index is 15.2. The number of nitrogens with one attached hydrogen (secondary N) is 1. The van der Waals surface area contributed by atoms with Crippen LogP contribution in [0.1, 0.15) is 38.8 Å². The van der Waals surface area contributed by atoms with E-state index in [1.165, 1.54) is 17.0 Å². The molecular weight excluding hydrogens is 453 g/mol. The minimum atomic E-state index is -0.671. The first-order valence-corrected chi connectivity index (χ1v) is 11.4. The van der Waals surface area contributed by atoms with Crippen molar-refractivity contribution < 1.29 is 18.7 Å². The van der Waals surface area contributed by atoms with E-state index >= 15 is 4.39 Å². The number of allylic oxidation sites excluding steroid dienone is 1. The van der Waals surface area contributed by atoms with E-state index in [-0.39, 0.29) is 21.8 Å². The largest absolute Gasteiger partial charge is 0.494 e. The van der Waals surface area contributed by atoms with Gasteiger partial charge in [-0.3, -0.25) is 19.8 Å². The van der Waals surface area contributed by atoms with E-state index in [2.05, 4.69) is 25.2 Å². The van der Waals surface area contributed by atoms with Crippen LogP contribution in [0.2, 0.25) is 0 Å². The summed E-state index contributed by atoms with van der Waals surface area (Å²) in [7, 11) is 1.91. The topological polar surface area (TPSA) is 61.9 Å². The van der Waals surface area contributed by atoms with Gasteiger partial charge in [0.15, 0.2) is 5.11 Å². The van der Waals surface area contributed by atoms with E-state index in [4.69, 9.17) is 17.0 Å². The first kappa shape index (κ1) is 23.6. The van der Waals surface area contributed by atoms with Crippen molar-refractivity contribution in [1.82, 2.24) is 5.32 Å². The Balaban J connectivity index is 1.76. The van der Waals surface area contributed by atoms with E-state index in [0.29, 0.717) is 18.0 Å². The van der Waals surface area contributed by atoms with Crippen molar-refractivity contribution in [2.24, 2.45) is 0 Å². The highest BCUT2D eigenvalue weighted by Gasteiger charge is 2.35. The predicted octanol–water partition coefficient (Wildman–Crippen LogP) is 4.69. The molecule has 2 heterocycles. The number of amides is 2. The normalized spacial score (nSPS) is 18.6. The van der Waals surface area contributed by atoms with Gasteiger partial charge in [0.25, 0.3) is 11.8 Å². The number of carbonyl (C=O) groups is 2. The summed E-state index contributed by atoms with van der Waals surface area (Å²) in [4.78, 5) is 29.2. The van der Waals surface area contributed by atoms with Gasteiger partial charge in [0, 0.05) is 29.9 Å². The SMILES string of the molecule is CCOc1cccc(N2C(=O)/C(=C\c3cc4c(cc3F)N(C)C(C)(C)C=C4C)C(=O)NC2=S)c1. The van der Waals surface area contributed by atoms with E-state index in [1.54, 1.807) is 30.3 Å². The zero-order valence-electron chi connectivity index (χ0n) is 19.7. The summed E-state index contributed by atoms with van der Waals surface area (Å²) >= 11 is 5.26.